The van der Waals surface area contributed by atoms with Crippen molar-refractivity contribution < 1.29 is 27.2 Å². The van der Waals surface area contributed by atoms with E-state index in [9.17, 15) is 22.8 Å². The highest BCUT2D eigenvalue weighted by molar-refractivity contribution is 5.97. The molecule has 0 spiro atoms. The number of alkyl halides is 3. The van der Waals surface area contributed by atoms with E-state index in [2.05, 4.69) is 30.7 Å². The van der Waals surface area contributed by atoms with Crippen LogP contribution in [0.3, 0.4) is 0 Å². The van der Waals surface area contributed by atoms with Gasteiger partial charge in [-0.05, 0) is 36.1 Å². The predicted molar refractivity (Wildman–Crippen MR) is 127 cm³/mol. The van der Waals surface area contributed by atoms with Crippen LogP contribution in [0.5, 0.6) is 0 Å². The summed E-state index contributed by atoms with van der Waals surface area (Å²) in [6.07, 6.45) is 0.0564. The van der Waals surface area contributed by atoms with Crippen LogP contribution in [0, 0.1) is 0 Å². The first kappa shape index (κ1) is 25.1. The van der Waals surface area contributed by atoms with Crippen LogP contribution in [0.2, 0.25) is 0 Å². The van der Waals surface area contributed by atoms with E-state index in [0.717, 1.165) is 35.2 Å². The van der Waals surface area contributed by atoms with Gasteiger partial charge in [0.2, 0.25) is 5.82 Å². The summed E-state index contributed by atoms with van der Waals surface area (Å²) in [7, 11) is 0. The molecule has 1 aromatic carbocycles. The molecule has 1 aliphatic carbocycles. The molecule has 1 atom stereocenters. The first-order valence-electron chi connectivity index (χ1n) is 11.8. The van der Waals surface area contributed by atoms with Gasteiger partial charge in [-0.25, -0.2) is 15.0 Å². The number of aryl methyl sites for hydroxylation is 2. The first-order valence-corrected chi connectivity index (χ1v) is 11.8. The summed E-state index contributed by atoms with van der Waals surface area (Å²) in [6.45, 7) is 2.21. The third-order valence-corrected chi connectivity index (χ3v) is 6.18. The molecule has 0 radical (unpaired) electrons. The lowest BCUT2D eigenvalue weighted by Gasteiger charge is -2.14. The van der Waals surface area contributed by atoms with Crippen molar-refractivity contribution in [3.05, 3.63) is 82.6 Å². The number of H-pyrrole nitrogens is 1. The van der Waals surface area contributed by atoms with Gasteiger partial charge in [0.15, 0.2) is 5.82 Å². The summed E-state index contributed by atoms with van der Waals surface area (Å²) in [6, 6.07) is 7.92. The lowest BCUT2D eigenvalue weighted by molar-refractivity contribution is -0.144. The average molecular weight is 525 g/mol. The highest BCUT2D eigenvalue weighted by Crippen LogP contribution is 2.34. The Hall–Kier alpha value is -4.55. The van der Waals surface area contributed by atoms with Crippen LogP contribution in [-0.2, 0) is 25.6 Å². The number of hydrogen-bond donors (Lipinski definition) is 3. The summed E-state index contributed by atoms with van der Waals surface area (Å²) >= 11 is 0. The van der Waals surface area contributed by atoms with Gasteiger partial charge in [0.05, 0.1) is 12.3 Å². The van der Waals surface area contributed by atoms with Gasteiger partial charge in [-0.2, -0.15) is 18.3 Å². The molecule has 4 aromatic rings. The smallest absolute Gasteiger partial charge is 0.451 e. The Morgan fingerprint density at radius 2 is 1.92 bits per heavy atom. The third-order valence-electron chi connectivity index (χ3n) is 6.18. The van der Waals surface area contributed by atoms with Crippen molar-refractivity contribution in [3.63, 3.8) is 0 Å². The molecule has 10 nitrogen and oxygen atoms in total. The van der Waals surface area contributed by atoms with Crippen molar-refractivity contribution in [1.29, 1.82) is 0 Å². The van der Waals surface area contributed by atoms with Crippen LogP contribution in [0.15, 0.2) is 47.3 Å². The Balaban J connectivity index is 1.24. The number of aromatic amines is 1. The normalized spacial score (nSPS) is 14.8. The fourth-order valence-electron chi connectivity index (χ4n) is 4.24. The number of nitrogens with zero attached hydrogens (tertiary/aromatic N) is 4. The van der Waals surface area contributed by atoms with E-state index in [1.807, 2.05) is 18.1 Å². The van der Waals surface area contributed by atoms with Crippen LogP contribution in [0.25, 0.3) is 11.4 Å². The lowest BCUT2D eigenvalue weighted by atomic mass is 10.0. The summed E-state index contributed by atoms with van der Waals surface area (Å²) in [5, 5.41) is 11.2. The molecule has 3 heterocycles. The number of rotatable bonds is 7. The minimum absolute atomic E-state index is 0.0344. The second kappa shape index (κ2) is 10.1. The van der Waals surface area contributed by atoms with E-state index in [-0.39, 0.29) is 29.8 Å². The van der Waals surface area contributed by atoms with Crippen LogP contribution < -0.4 is 10.6 Å². The van der Waals surface area contributed by atoms with Crippen LogP contribution >= 0.6 is 0 Å². The van der Waals surface area contributed by atoms with E-state index in [1.165, 1.54) is 6.07 Å². The maximum absolute atomic E-state index is 12.9. The lowest BCUT2D eigenvalue weighted by Crippen LogP contribution is -2.29. The molecule has 0 saturated carbocycles. The van der Waals surface area contributed by atoms with Crippen molar-refractivity contribution in [2.75, 3.05) is 0 Å². The van der Waals surface area contributed by atoms with Gasteiger partial charge < -0.3 is 15.1 Å². The van der Waals surface area contributed by atoms with Crippen LogP contribution in [0.4, 0.5) is 13.2 Å². The van der Waals surface area contributed by atoms with E-state index < -0.39 is 23.8 Å². The molecule has 38 heavy (non-hydrogen) atoms. The predicted octanol–water partition coefficient (Wildman–Crippen LogP) is 3.78. The minimum atomic E-state index is -4.61. The molecule has 0 saturated heterocycles. The number of fused-ring (bicyclic) bond motifs is 1. The minimum Gasteiger partial charge on any atom is -0.469 e. The molecule has 3 N–H and O–H groups in total. The van der Waals surface area contributed by atoms with E-state index in [1.54, 1.807) is 24.5 Å². The van der Waals surface area contributed by atoms with Crippen molar-refractivity contribution >= 4 is 11.8 Å². The molecular weight excluding hydrogens is 503 g/mol. The van der Waals surface area contributed by atoms with Crippen molar-refractivity contribution in [2.45, 2.75) is 44.9 Å². The van der Waals surface area contributed by atoms with Gasteiger partial charge in [-0.15, -0.1) is 0 Å². The number of carbonyl (C=O) groups excluding carboxylic acids is 2. The Bertz CT molecular complexity index is 1500. The second-order valence-corrected chi connectivity index (χ2v) is 8.73. The largest absolute Gasteiger partial charge is 0.469 e. The molecule has 0 unspecified atom stereocenters. The van der Waals surface area contributed by atoms with Gasteiger partial charge >= 0.3 is 6.18 Å². The van der Waals surface area contributed by atoms with Crippen molar-refractivity contribution in [2.24, 2.45) is 0 Å². The van der Waals surface area contributed by atoms with Gasteiger partial charge in [0.25, 0.3) is 11.8 Å². The molecule has 0 bridgehead atoms. The summed E-state index contributed by atoms with van der Waals surface area (Å²) in [5.74, 6) is -1.34. The number of halogens is 3. The first-order chi connectivity index (χ1) is 18.2. The number of nitrogens with one attached hydrogen (secondary N) is 3. The van der Waals surface area contributed by atoms with Gasteiger partial charge in [0, 0.05) is 30.2 Å². The number of furan rings is 1. The zero-order valence-electron chi connectivity index (χ0n) is 20.1. The fourth-order valence-corrected chi connectivity index (χ4v) is 4.24. The number of benzene rings is 1. The zero-order chi connectivity index (χ0) is 26.9. The summed E-state index contributed by atoms with van der Waals surface area (Å²) < 4.78 is 43.9. The molecule has 3 aromatic heterocycles. The van der Waals surface area contributed by atoms with Crippen LogP contribution in [0.1, 0.15) is 68.6 Å². The zero-order valence-corrected chi connectivity index (χ0v) is 20.1. The van der Waals surface area contributed by atoms with E-state index >= 15 is 0 Å². The highest BCUT2D eigenvalue weighted by atomic mass is 19.4. The molecule has 0 fully saturated rings. The molecule has 13 heteroatoms. The third kappa shape index (κ3) is 5.26. The summed E-state index contributed by atoms with van der Waals surface area (Å²) in [5.41, 5.74) is 3.05. The topological polar surface area (TPSA) is 139 Å². The van der Waals surface area contributed by atoms with Crippen molar-refractivity contribution in [3.8, 4) is 11.4 Å². The average Bonchev–Trinajstić information content (AvgIpc) is 3.67. The van der Waals surface area contributed by atoms with Crippen molar-refractivity contribution in [1.82, 2.24) is 35.8 Å². The maximum atomic E-state index is 12.9. The standard InChI is InChI=1S/C25H22F3N7O3/c1-2-16-7-13(11-38-16)10-29-22(36)19-9-20(31-12-30-19)23(37)32-18-6-4-14-8-15(3-5-17(14)18)21-33-24(35-34-21)25(26,27)28/h3,5,7-9,11-12,18H,2,4,6,10H2,1H3,(H,29,36)(H,32,37)(H,33,34,35)/t18-/m0/s1. The molecule has 196 valence electrons. The van der Waals surface area contributed by atoms with E-state index in [4.69, 9.17) is 4.42 Å². The second-order valence-electron chi connectivity index (χ2n) is 8.73. The quantitative estimate of drug-likeness (QED) is 0.334. The summed E-state index contributed by atoms with van der Waals surface area (Å²) in [4.78, 5) is 36.9. The number of aromatic nitrogens is 5. The molecule has 5 rings (SSSR count). The Morgan fingerprint density at radius 1 is 1.13 bits per heavy atom. The van der Waals surface area contributed by atoms with Gasteiger partial charge in [0.1, 0.15) is 23.5 Å². The maximum Gasteiger partial charge on any atom is 0.451 e. The van der Waals surface area contributed by atoms with Crippen LogP contribution in [-0.4, -0.2) is 37.0 Å². The molecular formula is C25H22F3N7O3. The Morgan fingerprint density at radius 3 is 2.63 bits per heavy atom. The molecule has 1 aliphatic rings. The molecule has 2 amide bonds. The molecule has 0 aliphatic heterocycles. The van der Waals surface area contributed by atoms with Gasteiger partial charge in [-0.3, -0.25) is 14.7 Å². The highest BCUT2D eigenvalue weighted by Gasteiger charge is 2.35. The number of hydrogen-bond acceptors (Lipinski definition) is 7. The number of carbonyl (C=O) groups is 2. The number of amides is 2. The van der Waals surface area contributed by atoms with E-state index in [0.29, 0.717) is 18.4 Å². The monoisotopic (exact) mass is 525 g/mol. The van der Waals surface area contributed by atoms with Gasteiger partial charge in [-0.1, -0.05) is 19.1 Å². The Kier molecular flexibility index (Phi) is 6.66. The fraction of sp³-hybridized carbons (Fsp3) is 0.280. The SMILES string of the molecule is CCc1cc(CNC(=O)c2cc(C(=O)N[C@H]3CCc4cc(-c5n[nH]c(C(F)(F)F)n5)ccc43)ncn2)co1. The Labute approximate surface area is 214 Å².